The molecule has 18 heavy (non-hydrogen) atoms. The van der Waals surface area contributed by atoms with Crippen LogP contribution in [0.3, 0.4) is 0 Å². The Morgan fingerprint density at radius 2 is 1.94 bits per heavy atom. The highest BCUT2D eigenvalue weighted by molar-refractivity contribution is 5.18. The smallest absolute Gasteiger partial charge is 0.0657 e. The average molecular weight is 247 g/mol. The lowest BCUT2D eigenvalue weighted by Gasteiger charge is -2.19. The molecule has 0 radical (unpaired) electrons. The van der Waals surface area contributed by atoms with Gasteiger partial charge in [-0.2, -0.15) is 0 Å². The maximum atomic E-state index is 5.32. The summed E-state index contributed by atoms with van der Waals surface area (Å²) >= 11 is 0. The van der Waals surface area contributed by atoms with Gasteiger partial charge >= 0.3 is 0 Å². The molecule has 2 heteroatoms. The van der Waals surface area contributed by atoms with Crippen molar-refractivity contribution in [2.45, 2.75) is 38.1 Å². The number of methoxy groups -OCH3 is 1. The number of hydrogen-bond donors (Lipinski definition) is 1. The van der Waals surface area contributed by atoms with Crippen molar-refractivity contribution < 1.29 is 4.74 Å². The minimum Gasteiger partial charge on any atom is -0.383 e. The number of nitrogens with one attached hydrogen (secondary N) is 1. The summed E-state index contributed by atoms with van der Waals surface area (Å²) in [6, 6.07) is 10.9. The predicted octanol–water partition coefficient (Wildman–Crippen LogP) is 3.54. The second-order valence-electron chi connectivity index (χ2n) is 5.31. The fourth-order valence-corrected chi connectivity index (χ4v) is 2.89. The normalized spacial score (nSPS) is 18.1. The van der Waals surface area contributed by atoms with E-state index < -0.39 is 0 Å². The quantitative estimate of drug-likeness (QED) is 0.795. The monoisotopic (exact) mass is 247 g/mol. The average Bonchev–Trinajstić information content (AvgIpc) is 2.92. The van der Waals surface area contributed by atoms with Gasteiger partial charge in [-0.1, -0.05) is 56.0 Å². The Morgan fingerprint density at radius 3 is 2.61 bits per heavy atom. The van der Waals surface area contributed by atoms with Crippen molar-refractivity contribution in [2.24, 2.45) is 5.92 Å². The summed E-state index contributed by atoms with van der Waals surface area (Å²) in [5.41, 5.74) is 1.32. The Labute approximate surface area is 111 Å². The van der Waals surface area contributed by atoms with Crippen LogP contribution < -0.4 is 5.32 Å². The van der Waals surface area contributed by atoms with E-state index in [9.17, 15) is 0 Å². The molecule has 0 bridgehead atoms. The highest BCUT2D eigenvalue weighted by Crippen LogP contribution is 2.27. The first-order chi connectivity index (χ1) is 8.90. The zero-order chi connectivity index (χ0) is 12.6. The Morgan fingerprint density at radius 1 is 1.22 bits per heavy atom. The lowest BCUT2D eigenvalue weighted by molar-refractivity contribution is 0.166. The topological polar surface area (TPSA) is 21.3 Å². The van der Waals surface area contributed by atoms with Crippen molar-refractivity contribution in [1.82, 2.24) is 5.32 Å². The molecule has 0 spiro atoms. The summed E-state index contributed by atoms with van der Waals surface area (Å²) in [4.78, 5) is 0. The third-order valence-corrected chi connectivity index (χ3v) is 3.95. The lowest BCUT2D eigenvalue weighted by atomic mass is 10.0. The van der Waals surface area contributed by atoms with Crippen molar-refractivity contribution in [1.29, 1.82) is 0 Å². The van der Waals surface area contributed by atoms with Gasteiger partial charge in [-0.15, -0.1) is 0 Å². The predicted molar refractivity (Wildman–Crippen MR) is 75.6 cm³/mol. The fraction of sp³-hybridized carbons (Fsp3) is 0.625. The van der Waals surface area contributed by atoms with Crippen LogP contribution in [0, 0.1) is 5.92 Å². The van der Waals surface area contributed by atoms with E-state index in [1.807, 2.05) is 0 Å². The van der Waals surface area contributed by atoms with Gasteiger partial charge in [0.05, 0.1) is 12.6 Å². The zero-order valence-corrected chi connectivity index (χ0v) is 11.4. The maximum absolute atomic E-state index is 5.32. The van der Waals surface area contributed by atoms with Crippen LogP contribution in [0.25, 0.3) is 0 Å². The third kappa shape index (κ3) is 4.11. The van der Waals surface area contributed by atoms with Crippen LogP contribution in [-0.4, -0.2) is 20.3 Å². The van der Waals surface area contributed by atoms with Crippen LogP contribution in [-0.2, 0) is 4.74 Å². The number of ether oxygens (including phenoxy) is 1. The lowest BCUT2D eigenvalue weighted by Crippen LogP contribution is -2.27. The van der Waals surface area contributed by atoms with Gasteiger partial charge in [-0.05, 0) is 24.4 Å². The van der Waals surface area contributed by atoms with E-state index in [2.05, 4.69) is 35.6 Å². The molecule has 0 aromatic heterocycles. The molecule has 0 aliphatic heterocycles. The second-order valence-corrected chi connectivity index (χ2v) is 5.31. The second kappa shape index (κ2) is 7.55. The maximum Gasteiger partial charge on any atom is 0.0657 e. The van der Waals surface area contributed by atoms with Gasteiger partial charge in [-0.3, -0.25) is 0 Å². The third-order valence-electron chi connectivity index (χ3n) is 3.95. The molecule has 1 unspecified atom stereocenters. The minimum atomic E-state index is 0.331. The summed E-state index contributed by atoms with van der Waals surface area (Å²) in [7, 11) is 1.77. The molecule has 2 rings (SSSR count). The highest BCUT2D eigenvalue weighted by atomic mass is 16.5. The van der Waals surface area contributed by atoms with E-state index in [1.54, 1.807) is 7.11 Å². The van der Waals surface area contributed by atoms with Gasteiger partial charge in [0, 0.05) is 7.11 Å². The van der Waals surface area contributed by atoms with Crippen LogP contribution in [0.4, 0.5) is 0 Å². The number of benzene rings is 1. The van der Waals surface area contributed by atoms with Crippen molar-refractivity contribution in [3.8, 4) is 0 Å². The molecule has 1 aliphatic rings. The summed E-state index contributed by atoms with van der Waals surface area (Å²) < 4.78 is 5.32. The summed E-state index contributed by atoms with van der Waals surface area (Å²) in [6.45, 7) is 1.85. The van der Waals surface area contributed by atoms with Crippen LogP contribution >= 0.6 is 0 Å². The molecule has 1 aliphatic carbocycles. The molecule has 2 nitrogen and oxygen atoms in total. The standard InChI is InChI=1S/C16H25NO/c1-18-13-16(15-9-3-2-4-10-15)17-12-11-14-7-5-6-8-14/h2-4,9-10,14,16-17H,5-8,11-13H2,1H3. The molecular formula is C16H25NO. The summed E-state index contributed by atoms with van der Waals surface area (Å²) in [5, 5.41) is 3.64. The first-order valence-electron chi connectivity index (χ1n) is 7.17. The van der Waals surface area contributed by atoms with Crippen molar-refractivity contribution in [3.63, 3.8) is 0 Å². The molecule has 0 saturated heterocycles. The molecular weight excluding hydrogens is 222 g/mol. The van der Waals surface area contributed by atoms with E-state index in [4.69, 9.17) is 4.74 Å². The zero-order valence-electron chi connectivity index (χ0n) is 11.4. The fourth-order valence-electron chi connectivity index (χ4n) is 2.89. The van der Waals surface area contributed by atoms with Gasteiger partial charge in [0.1, 0.15) is 0 Å². The highest BCUT2D eigenvalue weighted by Gasteiger charge is 2.16. The molecule has 1 N–H and O–H groups in total. The van der Waals surface area contributed by atoms with Gasteiger partial charge in [0.15, 0.2) is 0 Å². The van der Waals surface area contributed by atoms with E-state index in [0.29, 0.717) is 6.04 Å². The Hall–Kier alpha value is -0.860. The van der Waals surface area contributed by atoms with Crippen molar-refractivity contribution in [2.75, 3.05) is 20.3 Å². The van der Waals surface area contributed by atoms with Crippen LogP contribution in [0.2, 0.25) is 0 Å². The number of hydrogen-bond acceptors (Lipinski definition) is 2. The number of rotatable bonds is 7. The van der Waals surface area contributed by atoms with Crippen molar-refractivity contribution in [3.05, 3.63) is 35.9 Å². The Bertz CT molecular complexity index is 319. The first kappa shape index (κ1) is 13.6. The molecule has 1 saturated carbocycles. The summed E-state index contributed by atoms with van der Waals surface area (Å²) in [6.07, 6.45) is 7.05. The minimum absolute atomic E-state index is 0.331. The summed E-state index contributed by atoms with van der Waals surface area (Å²) in [5.74, 6) is 0.955. The molecule has 0 amide bonds. The molecule has 100 valence electrons. The van der Waals surface area contributed by atoms with E-state index in [-0.39, 0.29) is 0 Å². The van der Waals surface area contributed by atoms with Gasteiger partial charge in [0.2, 0.25) is 0 Å². The molecule has 1 atom stereocenters. The SMILES string of the molecule is COCC(NCCC1CCCC1)c1ccccc1. The van der Waals surface area contributed by atoms with Gasteiger partial charge in [0.25, 0.3) is 0 Å². The molecule has 1 aromatic rings. The molecule has 1 fully saturated rings. The Balaban J connectivity index is 1.79. The largest absolute Gasteiger partial charge is 0.383 e. The first-order valence-corrected chi connectivity index (χ1v) is 7.17. The molecule has 1 aromatic carbocycles. The van der Waals surface area contributed by atoms with Gasteiger partial charge in [-0.25, -0.2) is 0 Å². The van der Waals surface area contributed by atoms with Crippen LogP contribution in [0.5, 0.6) is 0 Å². The Kier molecular flexibility index (Phi) is 5.69. The van der Waals surface area contributed by atoms with Crippen LogP contribution in [0.15, 0.2) is 30.3 Å². The van der Waals surface area contributed by atoms with E-state index in [1.165, 1.54) is 37.7 Å². The molecule has 0 heterocycles. The van der Waals surface area contributed by atoms with E-state index >= 15 is 0 Å². The van der Waals surface area contributed by atoms with Crippen molar-refractivity contribution >= 4 is 0 Å². The van der Waals surface area contributed by atoms with Crippen LogP contribution in [0.1, 0.15) is 43.7 Å². The van der Waals surface area contributed by atoms with Gasteiger partial charge < -0.3 is 10.1 Å². The van der Waals surface area contributed by atoms with E-state index in [0.717, 1.165) is 19.1 Å².